The van der Waals surface area contributed by atoms with Gasteiger partial charge >= 0.3 is 5.97 Å². The first-order chi connectivity index (χ1) is 12.1. The molecule has 1 amide bonds. The zero-order valence-electron chi connectivity index (χ0n) is 14.7. The van der Waals surface area contributed by atoms with Crippen molar-refractivity contribution >= 4 is 11.9 Å². The van der Waals surface area contributed by atoms with E-state index in [-0.39, 0.29) is 24.4 Å². The van der Waals surface area contributed by atoms with Gasteiger partial charge < -0.3 is 15.0 Å². The number of hydrogen-bond donors (Lipinski definition) is 1. The Labute approximate surface area is 148 Å². The first-order valence-electron chi connectivity index (χ1n) is 9.34. The molecule has 3 aliphatic rings. The van der Waals surface area contributed by atoms with Gasteiger partial charge in [0, 0.05) is 25.0 Å². The summed E-state index contributed by atoms with van der Waals surface area (Å²) in [4.78, 5) is 27.7. The van der Waals surface area contributed by atoms with Gasteiger partial charge in [-0.3, -0.25) is 9.59 Å². The van der Waals surface area contributed by atoms with E-state index < -0.39 is 5.41 Å². The molecule has 2 bridgehead atoms. The first-order valence-corrected chi connectivity index (χ1v) is 9.34. The van der Waals surface area contributed by atoms with E-state index in [4.69, 9.17) is 4.74 Å². The minimum absolute atomic E-state index is 0.0215. The van der Waals surface area contributed by atoms with Gasteiger partial charge in [0.05, 0.1) is 0 Å². The predicted molar refractivity (Wildman–Crippen MR) is 94.1 cm³/mol. The van der Waals surface area contributed by atoms with E-state index in [2.05, 4.69) is 17.3 Å². The van der Waals surface area contributed by atoms with Crippen molar-refractivity contribution in [1.82, 2.24) is 10.2 Å². The molecule has 0 aromatic heterocycles. The van der Waals surface area contributed by atoms with Crippen LogP contribution in [0.25, 0.3) is 0 Å². The number of fused-ring (bicyclic) bond motifs is 2. The quantitative estimate of drug-likeness (QED) is 0.854. The summed E-state index contributed by atoms with van der Waals surface area (Å²) >= 11 is 0. The van der Waals surface area contributed by atoms with Crippen LogP contribution >= 0.6 is 0 Å². The summed E-state index contributed by atoms with van der Waals surface area (Å²) in [7, 11) is 2.18. The van der Waals surface area contributed by atoms with Gasteiger partial charge in [-0.25, -0.2) is 0 Å². The molecule has 3 aliphatic heterocycles. The SMILES string of the molecule is CN1C2CCC1CC(OC(=O)C1(c3ccccc3)CCNC(=O)C1)C2. The highest BCUT2D eigenvalue weighted by atomic mass is 16.5. The fourth-order valence-corrected chi connectivity index (χ4v) is 4.86. The number of benzene rings is 1. The number of piperidine rings is 2. The number of hydrogen-bond acceptors (Lipinski definition) is 4. The van der Waals surface area contributed by atoms with Crippen LogP contribution in [-0.2, 0) is 19.7 Å². The number of carbonyl (C=O) groups is 2. The molecular formula is C20H26N2O3. The number of nitrogens with one attached hydrogen (secondary N) is 1. The van der Waals surface area contributed by atoms with Crippen LogP contribution in [0.3, 0.4) is 0 Å². The molecule has 4 rings (SSSR count). The molecule has 1 aromatic carbocycles. The van der Waals surface area contributed by atoms with E-state index in [9.17, 15) is 9.59 Å². The lowest BCUT2D eigenvalue weighted by Crippen LogP contribution is -2.51. The van der Waals surface area contributed by atoms with Gasteiger partial charge in [0.15, 0.2) is 0 Å². The maximum Gasteiger partial charge on any atom is 0.317 e. The molecular weight excluding hydrogens is 316 g/mol. The Hall–Kier alpha value is -1.88. The Kier molecular flexibility index (Phi) is 4.28. The molecule has 5 nitrogen and oxygen atoms in total. The highest BCUT2D eigenvalue weighted by Crippen LogP contribution is 2.39. The molecule has 0 radical (unpaired) electrons. The smallest absolute Gasteiger partial charge is 0.317 e. The molecule has 134 valence electrons. The lowest BCUT2D eigenvalue weighted by Gasteiger charge is -2.39. The van der Waals surface area contributed by atoms with Crippen molar-refractivity contribution < 1.29 is 14.3 Å². The van der Waals surface area contributed by atoms with Crippen LogP contribution in [0.5, 0.6) is 0 Å². The standard InChI is InChI=1S/C20H26N2O3/c1-22-15-7-8-16(22)12-17(11-15)25-19(24)20(9-10-21-18(23)13-20)14-5-3-2-4-6-14/h2-6,15-17H,7-13H2,1H3,(H,21,23). The molecule has 5 heteroatoms. The zero-order valence-corrected chi connectivity index (χ0v) is 14.7. The lowest BCUT2D eigenvalue weighted by molar-refractivity contribution is -0.162. The average molecular weight is 342 g/mol. The summed E-state index contributed by atoms with van der Waals surface area (Å²) in [6.07, 6.45) is 4.97. The van der Waals surface area contributed by atoms with Gasteiger partial charge in [-0.1, -0.05) is 30.3 Å². The van der Waals surface area contributed by atoms with Crippen molar-refractivity contribution in [2.24, 2.45) is 0 Å². The molecule has 1 N–H and O–H groups in total. The molecule has 1 aromatic rings. The summed E-state index contributed by atoms with van der Waals surface area (Å²) < 4.78 is 6.02. The molecule has 0 spiro atoms. The van der Waals surface area contributed by atoms with Crippen molar-refractivity contribution in [3.8, 4) is 0 Å². The first kappa shape index (κ1) is 16.6. The van der Waals surface area contributed by atoms with Gasteiger partial charge in [0.2, 0.25) is 5.91 Å². The number of rotatable bonds is 3. The van der Waals surface area contributed by atoms with Gasteiger partial charge in [-0.15, -0.1) is 0 Å². The number of nitrogens with zero attached hydrogens (tertiary/aromatic N) is 1. The van der Waals surface area contributed by atoms with Crippen LogP contribution in [0.1, 0.15) is 44.1 Å². The van der Waals surface area contributed by atoms with Crippen molar-refractivity contribution in [3.05, 3.63) is 35.9 Å². The molecule has 3 fully saturated rings. The van der Waals surface area contributed by atoms with Crippen LogP contribution in [0.2, 0.25) is 0 Å². The minimum atomic E-state index is -0.841. The second-order valence-electron chi connectivity index (χ2n) is 7.77. The van der Waals surface area contributed by atoms with Gasteiger partial charge in [-0.05, 0) is 44.7 Å². The molecule has 3 atom stereocenters. The van der Waals surface area contributed by atoms with Gasteiger partial charge in [0.1, 0.15) is 11.5 Å². The van der Waals surface area contributed by atoms with Crippen molar-refractivity contribution in [2.45, 2.75) is 62.1 Å². The maximum atomic E-state index is 13.2. The maximum absolute atomic E-state index is 13.2. The lowest BCUT2D eigenvalue weighted by atomic mass is 9.73. The molecule has 3 unspecified atom stereocenters. The summed E-state index contributed by atoms with van der Waals surface area (Å²) in [6.45, 7) is 0.515. The van der Waals surface area contributed by atoms with E-state index in [0.29, 0.717) is 25.0 Å². The third-order valence-electron chi connectivity index (χ3n) is 6.38. The molecule has 3 saturated heterocycles. The average Bonchev–Trinajstić information content (AvgIpc) is 2.83. The second-order valence-corrected chi connectivity index (χ2v) is 7.77. The summed E-state index contributed by atoms with van der Waals surface area (Å²) in [5.74, 6) is -0.294. The van der Waals surface area contributed by atoms with Crippen LogP contribution in [-0.4, -0.2) is 48.6 Å². The van der Waals surface area contributed by atoms with Crippen molar-refractivity contribution in [1.29, 1.82) is 0 Å². The highest BCUT2D eigenvalue weighted by Gasteiger charge is 2.48. The Morgan fingerprint density at radius 3 is 2.52 bits per heavy atom. The number of carbonyl (C=O) groups excluding carboxylic acids is 2. The Bertz CT molecular complexity index is 648. The monoisotopic (exact) mass is 342 g/mol. The van der Waals surface area contributed by atoms with Crippen LogP contribution < -0.4 is 5.32 Å². The minimum Gasteiger partial charge on any atom is -0.462 e. The van der Waals surface area contributed by atoms with E-state index in [0.717, 1.165) is 18.4 Å². The topological polar surface area (TPSA) is 58.6 Å². The largest absolute Gasteiger partial charge is 0.462 e. The van der Waals surface area contributed by atoms with E-state index in [1.165, 1.54) is 12.8 Å². The summed E-state index contributed by atoms with van der Waals surface area (Å²) in [5, 5.41) is 2.84. The van der Waals surface area contributed by atoms with Crippen LogP contribution in [0.15, 0.2) is 30.3 Å². The van der Waals surface area contributed by atoms with Crippen molar-refractivity contribution in [3.63, 3.8) is 0 Å². The van der Waals surface area contributed by atoms with E-state index >= 15 is 0 Å². The molecule has 0 aliphatic carbocycles. The fourth-order valence-electron chi connectivity index (χ4n) is 4.86. The predicted octanol–water partition coefficient (Wildman–Crippen LogP) is 2.00. The van der Waals surface area contributed by atoms with E-state index in [1.807, 2.05) is 30.3 Å². The molecule has 0 saturated carbocycles. The van der Waals surface area contributed by atoms with E-state index in [1.54, 1.807) is 0 Å². The number of ether oxygens (including phenoxy) is 1. The number of esters is 1. The molecule has 25 heavy (non-hydrogen) atoms. The van der Waals surface area contributed by atoms with Gasteiger partial charge in [0.25, 0.3) is 0 Å². The summed E-state index contributed by atoms with van der Waals surface area (Å²) in [5.41, 5.74) is 0.0529. The number of amides is 1. The fraction of sp³-hybridized carbons (Fsp3) is 0.600. The van der Waals surface area contributed by atoms with Crippen molar-refractivity contribution in [2.75, 3.05) is 13.6 Å². The van der Waals surface area contributed by atoms with Crippen LogP contribution in [0.4, 0.5) is 0 Å². The summed E-state index contributed by atoms with van der Waals surface area (Å²) in [6, 6.07) is 10.7. The third kappa shape index (κ3) is 2.95. The molecule has 3 heterocycles. The Balaban J connectivity index is 1.56. The third-order valence-corrected chi connectivity index (χ3v) is 6.38. The Morgan fingerprint density at radius 1 is 1.20 bits per heavy atom. The van der Waals surface area contributed by atoms with Crippen LogP contribution in [0, 0.1) is 0 Å². The Morgan fingerprint density at radius 2 is 1.88 bits per heavy atom. The highest BCUT2D eigenvalue weighted by molar-refractivity contribution is 5.91. The van der Waals surface area contributed by atoms with Gasteiger partial charge in [-0.2, -0.15) is 0 Å². The zero-order chi connectivity index (χ0) is 17.4. The normalized spacial score (nSPS) is 35.2. The second kappa shape index (κ2) is 6.45.